The molecule has 3 rings (SSSR count). The highest BCUT2D eigenvalue weighted by atomic mass is 16.7. The standard InChI is InChI=1S/C20H22O4/c1-2-3-19(20-22-12-13-23-20)24-18-10-8-17(9-11-18)16-6-4-15(14-21)5-7-16/h4-11,14,19-20H,2-3,12-13H2,1H3. The number of hydrogen-bond acceptors (Lipinski definition) is 4. The number of aldehydes is 1. The van der Waals surface area contributed by atoms with Gasteiger partial charge in [0.2, 0.25) is 0 Å². The number of hydrogen-bond donors (Lipinski definition) is 0. The quantitative estimate of drug-likeness (QED) is 0.719. The Morgan fingerprint density at radius 3 is 2.17 bits per heavy atom. The lowest BCUT2D eigenvalue weighted by molar-refractivity contribution is -0.112. The Morgan fingerprint density at radius 1 is 1.04 bits per heavy atom. The number of ether oxygens (including phenoxy) is 3. The first-order chi connectivity index (χ1) is 11.8. The van der Waals surface area contributed by atoms with E-state index in [1.54, 1.807) is 0 Å². The summed E-state index contributed by atoms with van der Waals surface area (Å²) >= 11 is 0. The highest BCUT2D eigenvalue weighted by molar-refractivity contribution is 5.76. The molecule has 1 aliphatic rings. The van der Waals surface area contributed by atoms with Crippen LogP contribution in [0.1, 0.15) is 30.1 Å². The van der Waals surface area contributed by atoms with Crippen LogP contribution in [0.15, 0.2) is 48.5 Å². The van der Waals surface area contributed by atoms with Gasteiger partial charge in [0.1, 0.15) is 18.1 Å². The van der Waals surface area contributed by atoms with E-state index >= 15 is 0 Å². The zero-order valence-corrected chi connectivity index (χ0v) is 13.8. The molecule has 2 aromatic carbocycles. The van der Waals surface area contributed by atoms with E-state index in [-0.39, 0.29) is 12.4 Å². The van der Waals surface area contributed by atoms with E-state index < -0.39 is 0 Å². The largest absolute Gasteiger partial charge is 0.485 e. The molecule has 1 aliphatic heterocycles. The van der Waals surface area contributed by atoms with Crippen LogP contribution in [0.4, 0.5) is 0 Å². The Kier molecular flexibility index (Phi) is 5.62. The van der Waals surface area contributed by atoms with E-state index in [2.05, 4.69) is 6.92 Å². The molecule has 24 heavy (non-hydrogen) atoms. The summed E-state index contributed by atoms with van der Waals surface area (Å²) in [6, 6.07) is 15.5. The van der Waals surface area contributed by atoms with Crippen molar-refractivity contribution in [3.8, 4) is 16.9 Å². The maximum atomic E-state index is 10.7. The molecule has 126 valence electrons. The van der Waals surface area contributed by atoms with Gasteiger partial charge >= 0.3 is 0 Å². The van der Waals surface area contributed by atoms with Crippen LogP contribution in [0.3, 0.4) is 0 Å². The third-order valence-electron chi connectivity index (χ3n) is 4.05. The predicted molar refractivity (Wildman–Crippen MR) is 92.3 cm³/mol. The third-order valence-corrected chi connectivity index (χ3v) is 4.05. The Balaban J connectivity index is 1.69. The van der Waals surface area contributed by atoms with Crippen molar-refractivity contribution in [2.24, 2.45) is 0 Å². The fourth-order valence-corrected chi connectivity index (χ4v) is 2.78. The molecular formula is C20H22O4. The Morgan fingerprint density at radius 2 is 1.62 bits per heavy atom. The second-order valence-corrected chi connectivity index (χ2v) is 5.82. The van der Waals surface area contributed by atoms with Gasteiger partial charge in [-0.3, -0.25) is 4.79 Å². The molecule has 4 heteroatoms. The maximum absolute atomic E-state index is 10.7. The Bertz CT molecular complexity index is 642. The second-order valence-electron chi connectivity index (χ2n) is 5.82. The van der Waals surface area contributed by atoms with Gasteiger partial charge in [-0.05, 0) is 29.7 Å². The molecule has 0 aromatic heterocycles. The third kappa shape index (κ3) is 4.02. The number of benzene rings is 2. The number of carbonyl (C=O) groups excluding carboxylic acids is 1. The second kappa shape index (κ2) is 8.08. The molecule has 4 nitrogen and oxygen atoms in total. The molecule has 1 atom stereocenters. The van der Waals surface area contributed by atoms with Gasteiger partial charge in [-0.1, -0.05) is 49.7 Å². The first-order valence-corrected chi connectivity index (χ1v) is 8.35. The summed E-state index contributed by atoms with van der Waals surface area (Å²) in [5.74, 6) is 0.806. The fraction of sp³-hybridized carbons (Fsp3) is 0.350. The van der Waals surface area contributed by atoms with E-state index in [0.717, 1.165) is 36.0 Å². The first-order valence-electron chi connectivity index (χ1n) is 8.35. The van der Waals surface area contributed by atoms with Gasteiger partial charge in [0.05, 0.1) is 13.2 Å². The molecule has 0 amide bonds. The fourth-order valence-electron chi connectivity index (χ4n) is 2.78. The molecule has 0 spiro atoms. The summed E-state index contributed by atoms with van der Waals surface area (Å²) < 4.78 is 17.2. The molecule has 0 saturated carbocycles. The van der Waals surface area contributed by atoms with E-state index in [9.17, 15) is 4.79 Å². The topological polar surface area (TPSA) is 44.8 Å². The van der Waals surface area contributed by atoms with Gasteiger partial charge in [-0.15, -0.1) is 0 Å². The molecule has 0 N–H and O–H groups in total. The van der Waals surface area contributed by atoms with Crippen LogP contribution in [0.25, 0.3) is 11.1 Å². The van der Waals surface area contributed by atoms with Crippen molar-refractivity contribution in [2.45, 2.75) is 32.2 Å². The van der Waals surface area contributed by atoms with Crippen LogP contribution < -0.4 is 4.74 Å². The van der Waals surface area contributed by atoms with Crippen LogP contribution >= 0.6 is 0 Å². The van der Waals surface area contributed by atoms with E-state index in [1.807, 2.05) is 48.5 Å². The predicted octanol–water partition coefficient (Wildman–Crippen LogP) is 4.09. The minimum Gasteiger partial charge on any atom is -0.485 e. The van der Waals surface area contributed by atoms with Crippen molar-refractivity contribution in [1.29, 1.82) is 0 Å². The average molecular weight is 326 g/mol. The summed E-state index contributed by atoms with van der Waals surface area (Å²) in [5, 5.41) is 0. The van der Waals surface area contributed by atoms with Gasteiger partial charge < -0.3 is 14.2 Å². The van der Waals surface area contributed by atoms with Crippen molar-refractivity contribution in [3.63, 3.8) is 0 Å². The smallest absolute Gasteiger partial charge is 0.194 e. The van der Waals surface area contributed by atoms with Gasteiger partial charge in [0.25, 0.3) is 0 Å². The molecule has 0 radical (unpaired) electrons. The minimum absolute atomic E-state index is 0.0878. The molecule has 2 aromatic rings. The molecule has 1 saturated heterocycles. The van der Waals surface area contributed by atoms with Gasteiger partial charge in [0.15, 0.2) is 6.29 Å². The highest BCUT2D eigenvalue weighted by Gasteiger charge is 2.27. The lowest BCUT2D eigenvalue weighted by Gasteiger charge is -2.23. The molecule has 1 unspecified atom stereocenters. The zero-order valence-electron chi connectivity index (χ0n) is 13.8. The maximum Gasteiger partial charge on any atom is 0.194 e. The van der Waals surface area contributed by atoms with Crippen LogP contribution in [-0.4, -0.2) is 31.9 Å². The Hall–Kier alpha value is -2.17. The van der Waals surface area contributed by atoms with Crippen molar-refractivity contribution < 1.29 is 19.0 Å². The Labute approximate surface area is 142 Å². The number of carbonyl (C=O) groups is 1. The zero-order chi connectivity index (χ0) is 16.8. The number of rotatable bonds is 7. The van der Waals surface area contributed by atoms with E-state index in [0.29, 0.717) is 18.8 Å². The lowest BCUT2D eigenvalue weighted by Crippen LogP contribution is -2.32. The summed E-state index contributed by atoms with van der Waals surface area (Å²) in [6.45, 7) is 3.38. The molecule has 1 heterocycles. The van der Waals surface area contributed by atoms with Crippen LogP contribution in [0.2, 0.25) is 0 Å². The normalized spacial score (nSPS) is 16.0. The molecule has 1 fully saturated rings. The molecular weight excluding hydrogens is 304 g/mol. The van der Waals surface area contributed by atoms with E-state index in [1.165, 1.54) is 0 Å². The van der Waals surface area contributed by atoms with Crippen molar-refractivity contribution in [1.82, 2.24) is 0 Å². The van der Waals surface area contributed by atoms with E-state index in [4.69, 9.17) is 14.2 Å². The highest BCUT2D eigenvalue weighted by Crippen LogP contribution is 2.25. The minimum atomic E-state index is -0.277. The summed E-state index contributed by atoms with van der Waals surface area (Å²) in [6.07, 6.45) is 2.38. The van der Waals surface area contributed by atoms with Crippen molar-refractivity contribution in [3.05, 3.63) is 54.1 Å². The van der Waals surface area contributed by atoms with Gasteiger partial charge in [-0.2, -0.15) is 0 Å². The molecule has 0 aliphatic carbocycles. The van der Waals surface area contributed by atoms with Crippen LogP contribution in [0.5, 0.6) is 5.75 Å². The summed E-state index contributed by atoms with van der Waals surface area (Å²) in [7, 11) is 0. The van der Waals surface area contributed by atoms with Crippen LogP contribution in [-0.2, 0) is 9.47 Å². The monoisotopic (exact) mass is 326 g/mol. The van der Waals surface area contributed by atoms with Crippen LogP contribution in [0, 0.1) is 0 Å². The summed E-state index contributed by atoms with van der Waals surface area (Å²) in [4.78, 5) is 10.7. The van der Waals surface area contributed by atoms with Crippen molar-refractivity contribution >= 4 is 6.29 Å². The van der Waals surface area contributed by atoms with Gasteiger partial charge in [0, 0.05) is 5.56 Å². The lowest BCUT2D eigenvalue weighted by atomic mass is 10.0. The van der Waals surface area contributed by atoms with Gasteiger partial charge in [-0.25, -0.2) is 0 Å². The SMILES string of the molecule is CCCC(Oc1ccc(-c2ccc(C=O)cc2)cc1)C1OCCO1. The first kappa shape index (κ1) is 16.7. The molecule has 0 bridgehead atoms. The summed E-state index contributed by atoms with van der Waals surface area (Å²) in [5.41, 5.74) is 2.83. The average Bonchev–Trinajstić information content (AvgIpc) is 3.17. The van der Waals surface area contributed by atoms with Crippen molar-refractivity contribution in [2.75, 3.05) is 13.2 Å².